The molecule has 1 atom stereocenters. The number of aromatic hydroxyl groups is 1. The van der Waals surface area contributed by atoms with E-state index < -0.39 is 0 Å². The molecule has 2 aromatic rings. The lowest BCUT2D eigenvalue weighted by Crippen LogP contribution is -2.17. The number of phenolic OH excluding ortho intramolecular Hbond substituents is 1. The van der Waals surface area contributed by atoms with Gasteiger partial charge in [-0.25, -0.2) is 0 Å². The number of anilines is 1. The highest BCUT2D eigenvalue weighted by molar-refractivity contribution is 6.32. The van der Waals surface area contributed by atoms with Crippen LogP contribution in [0.25, 0.3) is 0 Å². The van der Waals surface area contributed by atoms with Gasteiger partial charge < -0.3 is 10.4 Å². The van der Waals surface area contributed by atoms with Crippen LogP contribution in [-0.4, -0.2) is 14.9 Å². The summed E-state index contributed by atoms with van der Waals surface area (Å²) in [5.41, 5.74) is 3.48. The van der Waals surface area contributed by atoms with Gasteiger partial charge in [-0.2, -0.15) is 5.10 Å². The summed E-state index contributed by atoms with van der Waals surface area (Å²) in [6.45, 7) is 0. The lowest BCUT2D eigenvalue weighted by atomic mass is 9.93. The van der Waals surface area contributed by atoms with Crippen LogP contribution in [0.1, 0.15) is 30.1 Å². The molecule has 1 unspecified atom stereocenters. The van der Waals surface area contributed by atoms with Crippen LogP contribution in [-0.2, 0) is 13.5 Å². The molecule has 0 amide bonds. The summed E-state index contributed by atoms with van der Waals surface area (Å²) in [6.07, 6.45) is 5.25. The molecule has 0 aliphatic heterocycles. The lowest BCUT2D eigenvalue weighted by molar-refractivity contribution is 0.475. The SMILES string of the molecule is Cn1ncc2c1CCCC2Nc1ccc(O)c(Cl)c1. The number of aromatic nitrogens is 2. The Morgan fingerprint density at radius 1 is 1.47 bits per heavy atom. The number of hydrogen-bond donors (Lipinski definition) is 2. The summed E-state index contributed by atoms with van der Waals surface area (Å²) >= 11 is 5.93. The van der Waals surface area contributed by atoms with Crippen LogP contribution >= 0.6 is 11.6 Å². The quantitative estimate of drug-likeness (QED) is 0.829. The zero-order valence-corrected chi connectivity index (χ0v) is 11.5. The molecule has 100 valence electrons. The average molecular weight is 278 g/mol. The summed E-state index contributed by atoms with van der Waals surface area (Å²) in [4.78, 5) is 0. The van der Waals surface area contributed by atoms with Crippen molar-refractivity contribution in [3.63, 3.8) is 0 Å². The molecule has 0 bridgehead atoms. The second-order valence-electron chi connectivity index (χ2n) is 4.93. The van der Waals surface area contributed by atoms with Crippen LogP contribution in [0.2, 0.25) is 5.02 Å². The third-order valence-corrected chi connectivity index (χ3v) is 3.97. The Morgan fingerprint density at radius 3 is 3.11 bits per heavy atom. The highest BCUT2D eigenvalue weighted by atomic mass is 35.5. The van der Waals surface area contributed by atoms with Gasteiger partial charge in [-0.05, 0) is 37.5 Å². The van der Waals surface area contributed by atoms with Crippen molar-refractivity contribution in [1.29, 1.82) is 0 Å². The molecule has 0 spiro atoms. The predicted molar refractivity (Wildman–Crippen MR) is 75.6 cm³/mol. The molecule has 1 aliphatic rings. The maximum absolute atomic E-state index is 9.44. The maximum atomic E-state index is 9.44. The van der Waals surface area contributed by atoms with Crippen molar-refractivity contribution < 1.29 is 5.11 Å². The third-order valence-electron chi connectivity index (χ3n) is 3.66. The Kier molecular flexibility index (Phi) is 3.11. The van der Waals surface area contributed by atoms with Crippen molar-refractivity contribution in [2.45, 2.75) is 25.3 Å². The molecule has 3 rings (SSSR count). The van der Waals surface area contributed by atoms with Crippen LogP contribution in [0, 0.1) is 0 Å². The van der Waals surface area contributed by atoms with E-state index in [0.717, 1.165) is 24.9 Å². The number of nitrogens with one attached hydrogen (secondary N) is 1. The van der Waals surface area contributed by atoms with E-state index in [4.69, 9.17) is 11.6 Å². The second kappa shape index (κ2) is 4.78. The molecular weight excluding hydrogens is 262 g/mol. The standard InChI is InChI=1S/C14H16ClN3O/c1-18-13-4-2-3-12(10(13)8-16-18)17-9-5-6-14(19)11(15)7-9/h5-8,12,17,19H,2-4H2,1H3. The summed E-state index contributed by atoms with van der Waals surface area (Å²) in [5.74, 6) is 0.109. The van der Waals surface area contributed by atoms with Gasteiger partial charge >= 0.3 is 0 Å². The van der Waals surface area contributed by atoms with E-state index in [0.29, 0.717) is 5.02 Å². The molecule has 0 radical (unpaired) electrons. The van der Waals surface area contributed by atoms with E-state index in [1.54, 1.807) is 12.1 Å². The second-order valence-corrected chi connectivity index (χ2v) is 5.33. The van der Waals surface area contributed by atoms with E-state index in [9.17, 15) is 5.11 Å². The van der Waals surface area contributed by atoms with Gasteiger partial charge in [-0.1, -0.05) is 11.6 Å². The molecule has 0 saturated heterocycles. The summed E-state index contributed by atoms with van der Waals surface area (Å²) in [7, 11) is 1.98. The maximum Gasteiger partial charge on any atom is 0.134 e. The number of halogens is 1. The van der Waals surface area contributed by atoms with Gasteiger partial charge in [0.25, 0.3) is 0 Å². The smallest absolute Gasteiger partial charge is 0.134 e. The molecule has 1 aromatic carbocycles. The van der Waals surface area contributed by atoms with Gasteiger partial charge in [0.2, 0.25) is 0 Å². The molecule has 5 heteroatoms. The first-order chi connectivity index (χ1) is 9.15. The number of aryl methyl sites for hydroxylation is 1. The van der Waals surface area contributed by atoms with Crippen LogP contribution < -0.4 is 5.32 Å². The first-order valence-electron chi connectivity index (χ1n) is 6.41. The topological polar surface area (TPSA) is 50.1 Å². The zero-order valence-electron chi connectivity index (χ0n) is 10.7. The fourth-order valence-electron chi connectivity index (χ4n) is 2.65. The number of benzene rings is 1. The van der Waals surface area contributed by atoms with E-state index in [-0.39, 0.29) is 11.8 Å². The number of phenols is 1. The van der Waals surface area contributed by atoms with E-state index in [1.165, 1.54) is 11.3 Å². The third kappa shape index (κ3) is 2.28. The van der Waals surface area contributed by atoms with Crippen molar-refractivity contribution in [2.75, 3.05) is 5.32 Å². The zero-order chi connectivity index (χ0) is 13.4. The Morgan fingerprint density at radius 2 is 2.32 bits per heavy atom. The largest absolute Gasteiger partial charge is 0.506 e. The van der Waals surface area contributed by atoms with Crippen molar-refractivity contribution in [1.82, 2.24) is 9.78 Å². The molecule has 1 aliphatic carbocycles. The van der Waals surface area contributed by atoms with Gasteiger partial charge in [-0.3, -0.25) is 4.68 Å². The Hall–Kier alpha value is -1.68. The van der Waals surface area contributed by atoms with Gasteiger partial charge in [0.1, 0.15) is 5.75 Å². The first kappa shape index (κ1) is 12.4. The highest BCUT2D eigenvalue weighted by Gasteiger charge is 2.23. The molecule has 1 heterocycles. The fraction of sp³-hybridized carbons (Fsp3) is 0.357. The lowest BCUT2D eigenvalue weighted by Gasteiger charge is -2.24. The van der Waals surface area contributed by atoms with Crippen molar-refractivity contribution in [3.05, 3.63) is 40.7 Å². The van der Waals surface area contributed by atoms with Gasteiger partial charge in [0, 0.05) is 24.0 Å². The van der Waals surface area contributed by atoms with Crippen molar-refractivity contribution >= 4 is 17.3 Å². The molecule has 0 saturated carbocycles. The Balaban J connectivity index is 1.86. The first-order valence-corrected chi connectivity index (χ1v) is 6.79. The normalized spacial score (nSPS) is 18.1. The van der Waals surface area contributed by atoms with Gasteiger partial charge in [0.15, 0.2) is 0 Å². The molecule has 1 aromatic heterocycles. The summed E-state index contributed by atoms with van der Waals surface area (Å²) < 4.78 is 1.95. The Labute approximate surface area is 117 Å². The average Bonchev–Trinajstić information content (AvgIpc) is 2.77. The van der Waals surface area contributed by atoms with Crippen LogP contribution in [0.5, 0.6) is 5.75 Å². The number of rotatable bonds is 2. The van der Waals surface area contributed by atoms with Crippen LogP contribution in [0.3, 0.4) is 0 Å². The van der Waals surface area contributed by atoms with E-state index >= 15 is 0 Å². The van der Waals surface area contributed by atoms with E-state index in [1.807, 2.05) is 24.0 Å². The number of hydrogen-bond acceptors (Lipinski definition) is 3. The minimum Gasteiger partial charge on any atom is -0.506 e. The summed E-state index contributed by atoms with van der Waals surface area (Å²) in [5, 5.41) is 17.6. The minimum atomic E-state index is 0.109. The number of fused-ring (bicyclic) bond motifs is 1. The van der Waals surface area contributed by atoms with E-state index in [2.05, 4.69) is 10.4 Å². The molecule has 4 nitrogen and oxygen atoms in total. The minimum absolute atomic E-state index is 0.109. The fourth-order valence-corrected chi connectivity index (χ4v) is 2.83. The highest BCUT2D eigenvalue weighted by Crippen LogP contribution is 2.34. The summed E-state index contributed by atoms with van der Waals surface area (Å²) in [6, 6.07) is 5.46. The van der Waals surface area contributed by atoms with Crippen LogP contribution in [0.15, 0.2) is 24.4 Å². The van der Waals surface area contributed by atoms with Crippen molar-refractivity contribution in [3.8, 4) is 5.75 Å². The van der Waals surface area contributed by atoms with Crippen molar-refractivity contribution in [2.24, 2.45) is 7.05 Å². The molecular formula is C14H16ClN3O. The Bertz CT molecular complexity index is 609. The monoisotopic (exact) mass is 277 g/mol. The number of nitrogens with zero attached hydrogens (tertiary/aromatic N) is 2. The predicted octanol–water partition coefficient (Wildman–Crippen LogP) is 3.27. The molecule has 2 N–H and O–H groups in total. The molecule has 0 fully saturated rings. The molecule has 19 heavy (non-hydrogen) atoms. The van der Waals surface area contributed by atoms with Gasteiger partial charge in [-0.15, -0.1) is 0 Å². The van der Waals surface area contributed by atoms with Crippen LogP contribution in [0.4, 0.5) is 5.69 Å². The van der Waals surface area contributed by atoms with Gasteiger partial charge in [0.05, 0.1) is 17.3 Å².